The highest BCUT2D eigenvalue weighted by Gasteiger charge is 1.99. The fraction of sp³-hybridized carbons (Fsp3) is 0.500. The fourth-order valence-electron chi connectivity index (χ4n) is 0.920. The Morgan fingerprint density at radius 1 is 1.67 bits per heavy atom. The number of aromatic nitrogens is 2. The molecule has 0 atom stereocenters. The topological polar surface area (TPSA) is 44.1 Å². The first kappa shape index (κ1) is 8.77. The van der Waals surface area contributed by atoms with Crippen LogP contribution >= 0.6 is 0 Å². The van der Waals surface area contributed by atoms with Crippen LogP contribution < -0.4 is 0 Å². The van der Waals surface area contributed by atoms with Gasteiger partial charge in [0.2, 0.25) is 0 Å². The number of rotatable bonds is 4. The number of methoxy groups -OCH3 is 1. The average molecular weight is 168 g/mol. The molecular formula is C8H12N2O2. The lowest BCUT2D eigenvalue weighted by Gasteiger charge is -1.99. The summed E-state index contributed by atoms with van der Waals surface area (Å²) in [5.74, 6) is -0.165. The number of hydrogen-bond acceptors (Lipinski definition) is 3. The lowest BCUT2D eigenvalue weighted by Crippen LogP contribution is -2.04. The fourth-order valence-corrected chi connectivity index (χ4v) is 0.920. The molecule has 0 aliphatic heterocycles. The zero-order valence-corrected chi connectivity index (χ0v) is 7.06. The van der Waals surface area contributed by atoms with E-state index >= 15 is 0 Å². The predicted octanol–water partition coefficient (Wildman–Crippen LogP) is 0.836. The van der Waals surface area contributed by atoms with Gasteiger partial charge in [0.05, 0.1) is 7.11 Å². The zero-order valence-electron chi connectivity index (χ0n) is 7.06. The van der Waals surface area contributed by atoms with E-state index in [0.29, 0.717) is 6.42 Å². The van der Waals surface area contributed by atoms with E-state index in [1.165, 1.54) is 7.11 Å². The van der Waals surface area contributed by atoms with Gasteiger partial charge in [0.15, 0.2) is 0 Å². The molecule has 1 aromatic rings. The molecule has 1 heterocycles. The van der Waals surface area contributed by atoms with E-state index in [-0.39, 0.29) is 5.97 Å². The summed E-state index contributed by atoms with van der Waals surface area (Å²) in [6.45, 7) is 0.766. The Morgan fingerprint density at radius 2 is 2.50 bits per heavy atom. The molecule has 0 aliphatic carbocycles. The second kappa shape index (κ2) is 4.54. The maximum absolute atomic E-state index is 10.7. The Hall–Kier alpha value is -1.32. The average Bonchev–Trinajstić information content (AvgIpc) is 2.57. The van der Waals surface area contributed by atoms with Crippen molar-refractivity contribution in [2.75, 3.05) is 7.11 Å². The van der Waals surface area contributed by atoms with Gasteiger partial charge in [0.25, 0.3) is 0 Å². The van der Waals surface area contributed by atoms with Crippen molar-refractivity contribution in [2.24, 2.45) is 0 Å². The summed E-state index contributed by atoms with van der Waals surface area (Å²) in [4.78, 5) is 10.7. The number of carbonyl (C=O) groups is 1. The summed E-state index contributed by atoms with van der Waals surface area (Å²) in [6, 6.07) is 1.86. The van der Waals surface area contributed by atoms with Crippen LogP contribution in [0, 0.1) is 0 Å². The smallest absolute Gasteiger partial charge is 0.305 e. The van der Waals surface area contributed by atoms with E-state index in [1.54, 1.807) is 10.9 Å². The van der Waals surface area contributed by atoms with Gasteiger partial charge in [-0.05, 0) is 12.5 Å². The van der Waals surface area contributed by atoms with Gasteiger partial charge in [0, 0.05) is 25.4 Å². The molecule has 1 rings (SSSR count). The second-order valence-corrected chi connectivity index (χ2v) is 2.45. The quantitative estimate of drug-likeness (QED) is 0.625. The SMILES string of the molecule is COC(=O)CCCn1cccn1. The van der Waals surface area contributed by atoms with E-state index in [1.807, 2.05) is 12.3 Å². The van der Waals surface area contributed by atoms with E-state index < -0.39 is 0 Å². The molecule has 0 saturated heterocycles. The highest BCUT2D eigenvalue weighted by molar-refractivity contribution is 5.68. The molecule has 0 unspecified atom stereocenters. The van der Waals surface area contributed by atoms with Gasteiger partial charge in [0.1, 0.15) is 0 Å². The van der Waals surface area contributed by atoms with Gasteiger partial charge in [-0.15, -0.1) is 0 Å². The minimum atomic E-state index is -0.165. The van der Waals surface area contributed by atoms with Crippen molar-refractivity contribution in [3.8, 4) is 0 Å². The number of nitrogens with zero attached hydrogens (tertiary/aromatic N) is 2. The predicted molar refractivity (Wildman–Crippen MR) is 43.5 cm³/mol. The van der Waals surface area contributed by atoms with Gasteiger partial charge in [-0.3, -0.25) is 9.48 Å². The third-order valence-corrected chi connectivity index (χ3v) is 1.55. The molecule has 0 saturated carbocycles. The molecule has 0 aliphatic rings. The number of hydrogen-bond donors (Lipinski definition) is 0. The zero-order chi connectivity index (χ0) is 8.81. The highest BCUT2D eigenvalue weighted by Crippen LogP contribution is 1.95. The first-order chi connectivity index (χ1) is 5.83. The lowest BCUT2D eigenvalue weighted by atomic mass is 10.3. The van der Waals surface area contributed by atoms with Crippen LogP contribution in [-0.2, 0) is 16.1 Å². The van der Waals surface area contributed by atoms with Gasteiger partial charge in [-0.2, -0.15) is 5.10 Å². The van der Waals surface area contributed by atoms with Crippen molar-refractivity contribution >= 4 is 5.97 Å². The van der Waals surface area contributed by atoms with Crippen molar-refractivity contribution in [2.45, 2.75) is 19.4 Å². The molecule has 0 spiro atoms. The summed E-state index contributed by atoms with van der Waals surface area (Å²) in [5.41, 5.74) is 0. The van der Waals surface area contributed by atoms with Crippen LogP contribution in [0.3, 0.4) is 0 Å². The van der Waals surface area contributed by atoms with Crippen LogP contribution in [0.25, 0.3) is 0 Å². The Morgan fingerprint density at radius 3 is 3.08 bits per heavy atom. The number of esters is 1. The van der Waals surface area contributed by atoms with Crippen molar-refractivity contribution in [3.63, 3.8) is 0 Å². The van der Waals surface area contributed by atoms with E-state index in [9.17, 15) is 4.79 Å². The minimum absolute atomic E-state index is 0.165. The molecule has 0 amide bonds. The van der Waals surface area contributed by atoms with Gasteiger partial charge in [-0.1, -0.05) is 0 Å². The number of aryl methyl sites for hydroxylation is 1. The van der Waals surface area contributed by atoms with E-state index in [4.69, 9.17) is 0 Å². The molecular weight excluding hydrogens is 156 g/mol. The Labute approximate surface area is 71.1 Å². The molecule has 0 aromatic carbocycles. The summed E-state index contributed by atoms with van der Waals surface area (Å²) < 4.78 is 6.30. The van der Waals surface area contributed by atoms with Gasteiger partial charge >= 0.3 is 5.97 Å². The van der Waals surface area contributed by atoms with Crippen LogP contribution in [0.15, 0.2) is 18.5 Å². The van der Waals surface area contributed by atoms with Gasteiger partial charge in [-0.25, -0.2) is 0 Å². The molecule has 4 heteroatoms. The van der Waals surface area contributed by atoms with E-state index in [2.05, 4.69) is 9.84 Å². The van der Waals surface area contributed by atoms with Crippen molar-refractivity contribution in [1.82, 2.24) is 9.78 Å². The summed E-state index contributed by atoms with van der Waals surface area (Å²) in [7, 11) is 1.40. The maximum atomic E-state index is 10.7. The van der Waals surface area contributed by atoms with Crippen LogP contribution in [0.4, 0.5) is 0 Å². The Bertz CT molecular complexity index is 231. The normalized spacial score (nSPS) is 9.75. The van der Waals surface area contributed by atoms with Crippen LogP contribution in [0.1, 0.15) is 12.8 Å². The Balaban J connectivity index is 2.15. The molecule has 0 bridgehead atoms. The molecule has 0 fully saturated rings. The van der Waals surface area contributed by atoms with Crippen molar-refractivity contribution < 1.29 is 9.53 Å². The minimum Gasteiger partial charge on any atom is -0.469 e. The number of ether oxygens (including phenoxy) is 1. The van der Waals surface area contributed by atoms with Crippen molar-refractivity contribution in [3.05, 3.63) is 18.5 Å². The standard InChI is InChI=1S/C8H12N2O2/c1-12-8(11)4-2-6-10-7-3-5-9-10/h3,5,7H,2,4,6H2,1H3. The highest BCUT2D eigenvalue weighted by atomic mass is 16.5. The third-order valence-electron chi connectivity index (χ3n) is 1.55. The summed E-state index contributed by atoms with van der Waals surface area (Å²) in [6.07, 6.45) is 4.82. The lowest BCUT2D eigenvalue weighted by molar-refractivity contribution is -0.140. The molecule has 4 nitrogen and oxygen atoms in total. The summed E-state index contributed by atoms with van der Waals surface area (Å²) in [5, 5.41) is 4.00. The molecule has 12 heavy (non-hydrogen) atoms. The second-order valence-electron chi connectivity index (χ2n) is 2.45. The maximum Gasteiger partial charge on any atom is 0.305 e. The van der Waals surface area contributed by atoms with E-state index in [0.717, 1.165) is 13.0 Å². The van der Waals surface area contributed by atoms with Crippen molar-refractivity contribution in [1.29, 1.82) is 0 Å². The van der Waals surface area contributed by atoms with Gasteiger partial charge < -0.3 is 4.74 Å². The molecule has 0 N–H and O–H groups in total. The monoisotopic (exact) mass is 168 g/mol. The summed E-state index contributed by atoms with van der Waals surface area (Å²) >= 11 is 0. The van der Waals surface area contributed by atoms with Crippen LogP contribution in [0.5, 0.6) is 0 Å². The largest absolute Gasteiger partial charge is 0.469 e. The molecule has 1 aromatic heterocycles. The molecule has 66 valence electrons. The van der Waals surface area contributed by atoms with Crippen LogP contribution in [-0.4, -0.2) is 22.9 Å². The first-order valence-electron chi connectivity index (χ1n) is 3.87. The van der Waals surface area contributed by atoms with Crippen LogP contribution in [0.2, 0.25) is 0 Å². The Kier molecular flexibility index (Phi) is 3.32. The first-order valence-corrected chi connectivity index (χ1v) is 3.87. The molecule has 0 radical (unpaired) electrons. The third kappa shape index (κ3) is 2.74. The number of carbonyl (C=O) groups excluding carboxylic acids is 1.